The van der Waals surface area contributed by atoms with Crippen molar-refractivity contribution in [2.75, 3.05) is 23.7 Å². The highest BCUT2D eigenvalue weighted by Gasteiger charge is 2.24. The predicted molar refractivity (Wildman–Crippen MR) is 75.2 cm³/mol. The van der Waals surface area contributed by atoms with E-state index in [1.807, 2.05) is 16.7 Å². The molecule has 1 fully saturated rings. The molecule has 98 valence electrons. The number of ketones is 1. The van der Waals surface area contributed by atoms with Crippen LogP contribution in [-0.4, -0.2) is 29.9 Å². The summed E-state index contributed by atoms with van der Waals surface area (Å²) in [5.74, 6) is 0.629. The van der Waals surface area contributed by atoms with Gasteiger partial charge in [0, 0.05) is 29.7 Å². The third-order valence-electron chi connectivity index (χ3n) is 3.28. The van der Waals surface area contributed by atoms with Gasteiger partial charge in [-0.1, -0.05) is 13.0 Å². The number of anilines is 1. The van der Waals surface area contributed by atoms with Gasteiger partial charge in [0.1, 0.15) is 5.82 Å². The van der Waals surface area contributed by atoms with E-state index in [4.69, 9.17) is 0 Å². The minimum absolute atomic E-state index is 0.0734. The smallest absolute Gasteiger partial charge is 0.161 e. The van der Waals surface area contributed by atoms with E-state index in [1.165, 1.54) is 13.0 Å². The number of hydrogen-bond donors (Lipinski definition) is 0. The zero-order valence-electron chi connectivity index (χ0n) is 10.8. The molecule has 1 atom stereocenters. The van der Waals surface area contributed by atoms with Crippen molar-refractivity contribution in [3.63, 3.8) is 0 Å². The fourth-order valence-electron chi connectivity index (χ4n) is 2.29. The molecule has 1 aliphatic rings. The lowest BCUT2D eigenvalue weighted by Crippen LogP contribution is -2.38. The van der Waals surface area contributed by atoms with E-state index in [0.717, 1.165) is 25.3 Å². The number of Topliss-reactive ketones (excluding diaryl/α,β-unsaturated/α-hetero) is 1. The molecule has 0 saturated carbocycles. The Bertz CT molecular complexity index is 449. The predicted octanol–water partition coefficient (Wildman–Crippen LogP) is 3.36. The van der Waals surface area contributed by atoms with Crippen LogP contribution in [0.1, 0.15) is 30.6 Å². The fourth-order valence-corrected chi connectivity index (χ4v) is 3.47. The van der Waals surface area contributed by atoms with Crippen molar-refractivity contribution in [3.8, 4) is 0 Å². The maximum absolute atomic E-state index is 14.0. The highest BCUT2D eigenvalue weighted by molar-refractivity contribution is 8.00. The summed E-state index contributed by atoms with van der Waals surface area (Å²) in [4.78, 5) is 13.6. The molecule has 1 heterocycles. The van der Waals surface area contributed by atoms with Gasteiger partial charge in [-0.2, -0.15) is 11.8 Å². The van der Waals surface area contributed by atoms with Crippen molar-refractivity contribution >= 4 is 23.2 Å². The average molecular weight is 267 g/mol. The van der Waals surface area contributed by atoms with Crippen LogP contribution in [0.4, 0.5) is 10.1 Å². The van der Waals surface area contributed by atoms with Crippen molar-refractivity contribution in [1.82, 2.24) is 0 Å². The van der Waals surface area contributed by atoms with E-state index in [1.54, 1.807) is 12.1 Å². The molecule has 0 spiro atoms. The van der Waals surface area contributed by atoms with Crippen LogP contribution in [0.3, 0.4) is 0 Å². The number of carbonyl (C=O) groups excluding carboxylic acids is 1. The van der Waals surface area contributed by atoms with Crippen molar-refractivity contribution in [3.05, 3.63) is 29.6 Å². The second kappa shape index (κ2) is 5.74. The highest BCUT2D eigenvalue weighted by atomic mass is 32.2. The Balaban J connectivity index is 2.34. The molecule has 0 radical (unpaired) electrons. The number of benzene rings is 1. The molecular formula is C14H18FNOS. The normalized spacial score (nSPS) is 19.9. The minimum atomic E-state index is -0.288. The van der Waals surface area contributed by atoms with Gasteiger partial charge in [0.2, 0.25) is 0 Å². The molecule has 1 unspecified atom stereocenters. The van der Waals surface area contributed by atoms with Crippen molar-refractivity contribution in [2.24, 2.45) is 0 Å². The summed E-state index contributed by atoms with van der Waals surface area (Å²) in [7, 11) is 0. The Kier molecular flexibility index (Phi) is 4.27. The lowest BCUT2D eigenvalue weighted by molar-refractivity contribution is 0.101. The average Bonchev–Trinajstić information content (AvgIpc) is 2.38. The van der Waals surface area contributed by atoms with Gasteiger partial charge < -0.3 is 4.90 Å². The van der Waals surface area contributed by atoms with E-state index in [2.05, 4.69) is 6.92 Å². The number of carbonyl (C=O) groups is 1. The van der Waals surface area contributed by atoms with Gasteiger partial charge in [0.25, 0.3) is 0 Å². The van der Waals surface area contributed by atoms with Crippen LogP contribution in [0.25, 0.3) is 0 Å². The summed E-state index contributed by atoms with van der Waals surface area (Å²) in [6.07, 6.45) is 1.07. The third kappa shape index (κ3) is 2.69. The maximum atomic E-state index is 14.0. The molecule has 1 saturated heterocycles. The van der Waals surface area contributed by atoms with Crippen LogP contribution in [0.2, 0.25) is 0 Å². The summed E-state index contributed by atoms with van der Waals surface area (Å²) >= 11 is 1.93. The lowest BCUT2D eigenvalue weighted by Gasteiger charge is -2.34. The molecule has 0 N–H and O–H groups in total. The quantitative estimate of drug-likeness (QED) is 0.783. The lowest BCUT2D eigenvalue weighted by atomic mass is 10.1. The molecule has 1 aromatic rings. The van der Waals surface area contributed by atoms with Crippen LogP contribution in [0.5, 0.6) is 0 Å². The third-order valence-corrected chi connectivity index (χ3v) is 4.65. The Morgan fingerprint density at radius 1 is 1.56 bits per heavy atom. The number of hydrogen-bond acceptors (Lipinski definition) is 3. The minimum Gasteiger partial charge on any atom is -0.367 e. The van der Waals surface area contributed by atoms with Gasteiger partial charge in [-0.25, -0.2) is 4.39 Å². The first kappa shape index (κ1) is 13.4. The molecule has 0 amide bonds. The molecule has 18 heavy (non-hydrogen) atoms. The number of para-hydroxylation sites is 1. The molecule has 4 heteroatoms. The summed E-state index contributed by atoms with van der Waals surface area (Å²) in [5, 5.41) is 0.526. The first-order chi connectivity index (χ1) is 8.63. The van der Waals surface area contributed by atoms with Crippen LogP contribution < -0.4 is 4.90 Å². The van der Waals surface area contributed by atoms with Crippen LogP contribution >= 0.6 is 11.8 Å². The van der Waals surface area contributed by atoms with Crippen molar-refractivity contribution in [2.45, 2.75) is 25.5 Å². The Labute approximate surface area is 112 Å². The molecule has 0 aromatic heterocycles. The van der Waals surface area contributed by atoms with E-state index < -0.39 is 0 Å². The van der Waals surface area contributed by atoms with Crippen LogP contribution in [-0.2, 0) is 0 Å². The van der Waals surface area contributed by atoms with Gasteiger partial charge in [-0.15, -0.1) is 0 Å². The largest absolute Gasteiger partial charge is 0.367 e. The first-order valence-electron chi connectivity index (χ1n) is 6.29. The second-order valence-electron chi connectivity index (χ2n) is 4.54. The summed E-state index contributed by atoms with van der Waals surface area (Å²) in [6.45, 7) is 5.27. The standard InChI is InChI=1S/C14H18FNOS/c1-3-11-9-16(7-8-18-11)14-12(10(2)17)5-4-6-13(14)15/h4-6,11H,3,7-9H2,1-2H3. The van der Waals surface area contributed by atoms with Gasteiger partial charge in [0.05, 0.1) is 5.69 Å². The molecule has 1 aromatic carbocycles. The molecule has 2 nitrogen and oxygen atoms in total. The van der Waals surface area contributed by atoms with Crippen LogP contribution in [0.15, 0.2) is 18.2 Å². The van der Waals surface area contributed by atoms with Gasteiger partial charge in [-0.3, -0.25) is 4.79 Å². The molecule has 1 aliphatic heterocycles. The Morgan fingerprint density at radius 3 is 3.00 bits per heavy atom. The molecule has 2 rings (SSSR count). The van der Waals surface area contributed by atoms with Gasteiger partial charge in [-0.05, 0) is 25.5 Å². The summed E-state index contributed by atoms with van der Waals surface area (Å²) in [5.41, 5.74) is 0.987. The van der Waals surface area contributed by atoms with E-state index >= 15 is 0 Å². The van der Waals surface area contributed by atoms with E-state index in [-0.39, 0.29) is 11.6 Å². The van der Waals surface area contributed by atoms with Gasteiger partial charge >= 0.3 is 0 Å². The van der Waals surface area contributed by atoms with E-state index in [0.29, 0.717) is 16.5 Å². The molecule has 0 bridgehead atoms. The Morgan fingerprint density at radius 2 is 2.33 bits per heavy atom. The maximum Gasteiger partial charge on any atom is 0.161 e. The van der Waals surface area contributed by atoms with Crippen molar-refractivity contribution < 1.29 is 9.18 Å². The summed E-state index contributed by atoms with van der Waals surface area (Å²) in [6, 6.07) is 4.75. The highest BCUT2D eigenvalue weighted by Crippen LogP contribution is 2.30. The van der Waals surface area contributed by atoms with E-state index in [9.17, 15) is 9.18 Å². The molecule has 0 aliphatic carbocycles. The zero-order valence-corrected chi connectivity index (χ0v) is 11.6. The second-order valence-corrected chi connectivity index (χ2v) is 5.95. The van der Waals surface area contributed by atoms with Crippen LogP contribution in [0, 0.1) is 5.82 Å². The summed E-state index contributed by atoms with van der Waals surface area (Å²) < 4.78 is 14.0. The SMILES string of the molecule is CCC1CN(c2c(F)cccc2C(C)=O)CCS1. The topological polar surface area (TPSA) is 20.3 Å². The fraction of sp³-hybridized carbons (Fsp3) is 0.500. The first-order valence-corrected chi connectivity index (χ1v) is 7.34. The molecular weight excluding hydrogens is 249 g/mol. The number of rotatable bonds is 3. The Hall–Kier alpha value is -1.03. The number of halogens is 1. The van der Waals surface area contributed by atoms with Gasteiger partial charge in [0.15, 0.2) is 5.78 Å². The monoisotopic (exact) mass is 267 g/mol. The number of thioether (sulfide) groups is 1. The van der Waals surface area contributed by atoms with Crippen molar-refractivity contribution in [1.29, 1.82) is 0 Å². The zero-order chi connectivity index (χ0) is 13.1. The number of nitrogens with zero attached hydrogens (tertiary/aromatic N) is 1.